The molecule has 0 fully saturated rings. The van der Waals surface area contributed by atoms with Crippen molar-refractivity contribution in [3.63, 3.8) is 0 Å². The Hall–Kier alpha value is -4.70. The molecule has 3 aromatic heterocycles. The smallest absolute Gasteiger partial charge is 0.0891 e. The summed E-state index contributed by atoms with van der Waals surface area (Å²) in [5, 5.41) is 14.6. The zero-order chi connectivity index (χ0) is 26.7. The number of hydrogen-bond donors (Lipinski definition) is 0. The van der Waals surface area contributed by atoms with Crippen LogP contribution in [0.5, 0.6) is 0 Å². The Morgan fingerprint density at radius 1 is 0.415 bits per heavy atom. The molecule has 0 saturated heterocycles. The van der Waals surface area contributed by atoms with Crippen molar-refractivity contribution < 1.29 is 0 Å². The van der Waals surface area contributed by atoms with Gasteiger partial charge in [0.25, 0.3) is 0 Å². The van der Waals surface area contributed by atoms with Gasteiger partial charge in [-0.05, 0) is 62.6 Å². The Balaban J connectivity index is 1.46. The molecule has 3 heterocycles. The summed E-state index contributed by atoms with van der Waals surface area (Å²) in [7, 11) is 0. The molecule has 10 aromatic rings. The molecule has 0 amide bonds. The second-order valence-corrected chi connectivity index (χ2v) is 13.2. The maximum absolute atomic E-state index is 2.51. The first-order valence-corrected chi connectivity index (χ1v) is 15.6. The number of hydrogen-bond acceptors (Lipinski definition) is 2. The van der Waals surface area contributed by atoms with E-state index in [-0.39, 0.29) is 0 Å². The van der Waals surface area contributed by atoms with E-state index in [1.54, 1.807) is 0 Å². The first-order valence-electron chi connectivity index (χ1n) is 13.9. The van der Waals surface area contributed by atoms with Crippen molar-refractivity contribution in [1.82, 2.24) is 4.57 Å². The van der Waals surface area contributed by atoms with Crippen molar-refractivity contribution in [1.29, 1.82) is 0 Å². The van der Waals surface area contributed by atoms with Gasteiger partial charge in [-0.1, -0.05) is 97.1 Å². The Morgan fingerprint density at radius 2 is 1.00 bits per heavy atom. The lowest BCUT2D eigenvalue weighted by atomic mass is 9.93. The van der Waals surface area contributed by atoms with Crippen LogP contribution in [-0.4, -0.2) is 4.57 Å². The molecule has 0 spiro atoms. The summed E-state index contributed by atoms with van der Waals surface area (Å²) < 4.78 is 6.65. The summed E-state index contributed by atoms with van der Waals surface area (Å²) in [6.07, 6.45) is 0. The van der Waals surface area contributed by atoms with E-state index in [0.717, 1.165) is 0 Å². The minimum absolute atomic E-state index is 1.20. The number of rotatable bonds is 1. The summed E-state index contributed by atoms with van der Waals surface area (Å²) in [6, 6.07) is 47.1. The minimum atomic E-state index is 1.20. The standard InChI is InChI=1S/C38H21NS2/c1-2-10-22(11-3-1)39-33-21-31-26-15-7-5-13-24(26)23-12-4-6-14-25(23)30(31)20-32(33)27-18-19-29-35-28-16-8-9-17-34(28)40-38(35)41-37(29)36(27)39/h1-21H. The normalized spacial score (nSPS) is 12.4. The number of fused-ring (bicyclic) bond motifs is 15. The van der Waals surface area contributed by atoms with Gasteiger partial charge in [0.2, 0.25) is 0 Å². The molecule has 1 nitrogen and oxygen atoms in total. The highest BCUT2D eigenvalue weighted by molar-refractivity contribution is 7.45. The van der Waals surface area contributed by atoms with Crippen LogP contribution < -0.4 is 0 Å². The molecular formula is C38H21NS2. The van der Waals surface area contributed by atoms with Crippen LogP contribution in [-0.2, 0) is 0 Å². The quantitative estimate of drug-likeness (QED) is 0.178. The zero-order valence-corrected chi connectivity index (χ0v) is 23.5. The van der Waals surface area contributed by atoms with Crippen LogP contribution >= 0.6 is 22.7 Å². The Labute approximate surface area is 243 Å². The molecule has 0 unspecified atom stereocenters. The van der Waals surface area contributed by atoms with E-state index < -0.39 is 0 Å². The van der Waals surface area contributed by atoms with Gasteiger partial charge in [-0.25, -0.2) is 0 Å². The number of aromatic nitrogens is 1. The van der Waals surface area contributed by atoms with E-state index in [9.17, 15) is 0 Å². The van der Waals surface area contributed by atoms with Crippen molar-refractivity contribution >= 4 is 106 Å². The maximum atomic E-state index is 2.51. The lowest BCUT2D eigenvalue weighted by molar-refractivity contribution is 1.19. The molecule has 0 radical (unpaired) electrons. The van der Waals surface area contributed by atoms with Crippen LogP contribution in [0.15, 0.2) is 127 Å². The van der Waals surface area contributed by atoms with E-state index >= 15 is 0 Å². The average Bonchev–Trinajstić information content (AvgIpc) is 3.68. The molecular weight excluding hydrogens is 535 g/mol. The molecule has 0 aliphatic heterocycles. The van der Waals surface area contributed by atoms with Crippen molar-refractivity contribution in [2.75, 3.05) is 0 Å². The van der Waals surface area contributed by atoms with Crippen molar-refractivity contribution in [3.8, 4) is 5.69 Å². The lowest BCUT2D eigenvalue weighted by Gasteiger charge is -2.12. The largest absolute Gasteiger partial charge is 0.308 e. The van der Waals surface area contributed by atoms with Gasteiger partial charge in [-0.2, -0.15) is 0 Å². The highest BCUT2D eigenvalue weighted by atomic mass is 32.2. The number of benzene rings is 7. The van der Waals surface area contributed by atoms with Gasteiger partial charge in [-0.3, -0.25) is 0 Å². The van der Waals surface area contributed by atoms with Crippen molar-refractivity contribution in [3.05, 3.63) is 127 Å². The highest BCUT2D eigenvalue weighted by Gasteiger charge is 2.21. The summed E-state index contributed by atoms with van der Waals surface area (Å²) >= 11 is 3.87. The molecule has 0 atom stereocenters. The predicted octanol–water partition coefficient (Wildman–Crippen LogP) is 11.8. The van der Waals surface area contributed by atoms with Crippen LogP contribution in [0.1, 0.15) is 0 Å². The van der Waals surface area contributed by atoms with Gasteiger partial charge >= 0.3 is 0 Å². The molecule has 190 valence electrons. The summed E-state index contributed by atoms with van der Waals surface area (Å²) in [4.78, 5) is 0. The monoisotopic (exact) mass is 555 g/mol. The van der Waals surface area contributed by atoms with E-state index in [0.29, 0.717) is 0 Å². The number of para-hydroxylation sites is 1. The fourth-order valence-corrected chi connectivity index (χ4v) is 9.78. The van der Waals surface area contributed by atoms with Gasteiger partial charge in [0.1, 0.15) is 0 Å². The molecule has 0 saturated carbocycles. The molecule has 10 rings (SSSR count). The van der Waals surface area contributed by atoms with Gasteiger partial charge in [-0.15, -0.1) is 22.7 Å². The predicted molar refractivity (Wildman–Crippen MR) is 182 cm³/mol. The summed E-state index contributed by atoms with van der Waals surface area (Å²) in [5.74, 6) is 0. The fourth-order valence-electron chi connectivity index (χ4n) is 7.06. The van der Waals surface area contributed by atoms with Crippen LogP contribution in [0.3, 0.4) is 0 Å². The van der Waals surface area contributed by atoms with E-state index in [4.69, 9.17) is 0 Å². The van der Waals surface area contributed by atoms with Crippen LogP contribution in [0.4, 0.5) is 0 Å². The number of nitrogens with zero attached hydrogens (tertiary/aromatic N) is 1. The van der Waals surface area contributed by atoms with E-state index in [1.807, 2.05) is 22.7 Å². The Morgan fingerprint density at radius 3 is 1.73 bits per heavy atom. The molecule has 7 aromatic carbocycles. The average molecular weight is 556 g/mol. The fraction of sp³-hybridized carbons (Fsp3) is 0. The Bertz CT molecular complexity index is 2690. The molecule has 3 heteroatoms. The zero-order valence-electron chi connectivity index (χ0n) is 21.9. The van der Waals surface area contributed by atoms with Gasteiger partial charge < -0.3 is 4.57 Å². The number of thiophene rings is 2. The third-order valence-electron chi connectivity index (χ3n) is 8.79. The van der Waals surface area contributed by atoms with Crippen LogP contribution in [0.25, 0.3) is 89.4 Å². The van der Waals surface area contributed by atoms with Crippen LogP contribution in [0.2, 0.25) is 0 Å². The first kappa shape index (κ1) is 22.0. The third-order valence-corrected chi connectivity index (χ3v) is 11.3. The highest BCUT2D eigenvalue weighted by Crippen LogP contribution is 2.49. The lowest BCUT2D eigenvalue weighted by Crippen LogP contribution is -1.93. The Kier molecular flexibility index (Phi) is 4.27. The maximum Gasteiger partial charge on any atom is 0.0891 e. The first-order chi connectivity index (χ1) is 20.3. The summed E-state index contributed by atoms with van der Waals surface area (Å²) in [5.41, 5.74) is 3.77. The van der Waals surface area contributed by atoms with Gasteiger partial charge in [0.15, 0.2) is 0 Å². The van der Waals surface area contributed by atoms with Gasteiger partial charge in [0, 0.05) is 37.3 Å². The second-order valence-electron chi connectivity index (χ2n) is 10.9. The molecule has 0 aliphatic rings. The molecule has 0 aliphatic carbocycles. The van der Waals surface area contributed by atoms with Crippen molar-refractivity contribution in [2.45, 2.75) is 0 Å². The van der Waals surface area contributed by atoms with Crippen LogP contribution in [0, 0.1) is 0 Å². The van der Waals surface area contributed by atoms with Gasteiger partial charge in [0.05, 0.1) is 19.7 Å². The van der Waals surface area contributed by atoms with E-state index in [1.165, 1.54) is 89.4 Å². The molecule has 0 bridgehead atoms. The second kappa shape index (κ2) is 7.94. The SMILES string of the molecule is c1ccc(-n2c3cc4c5ccccc5c5ccccc5c4cc3c3ccc4c(sc5sc6ccccc6c54)c32)cc1. The molecule has 41 heavy (non-hydrogen) atoms. The summed E-state index contributed by atoms with van der Waals surface area (Å²) in [6.45, 7) is 0. The minimum Gasteiger partial charge on any atom is -0.308 e. The molecule has 0 N–H and O–H groups in total. The third kappa shape index (κ3) is 2.84. The van der Waals surface area contributed by atoms with E-state index in [2.05, 4.69) is 132 Å². The van der Waals surface area contributed by atoms with Crippen molar-refractivity contribution in [2.24, 2.45) is 0 Å². The topological polar surface area (TPSA) is 4.93 Å².